The van der Waals surface area contributed by atoms with Crippen molar-refractivity contribution in [3.05, 3.63) is 0 Å². The van der Waals surface area contributed by atoms with E-state index < -0.39 is 11.4 Å². The molecule has 2 aliphatic rings. The van der Waals surface area contributed by atoms with E-state index in [9.17, 15) is 19.8 Å². The molecule has 0 bridgehead atoms. The van der Waals surface area contributed by atoms with E-state index in [2.05, 4.69) is 5.32 Å². The highest BCUT2D eigenvalue weighted by Crippen LogP contribution is 2.39. The molecule has 0 heterocycles. The van der Waals surface area contributed by atoms with Crippen molar-refractivity contribution in [2.75, 3.05) is 6.61 Å². The fourth-order valence-electron chi connectivity index (χ4n) is 3.88. The van der Waals surface area contributed by atoms with Gasteiger partial charge < -0.3 is 15.5 Å². The smallest absolute Gasteiger partial charge is 0.310 e. The Hall–Kier alpha value is -1.10. The maximum atomic E-state index is 12.3. The van der Waals surface area contributed by atoms with Crippen LogP contribution in [-0.2, 0) is 9.59 Å². The molecule has 0 aromatic rings. The molecule has 0 radical (unpaired) electrons. The molecule has 120 valence electrons. The van der Waals surface area contributed by atoms with Crippen LogP contribution in [0.4, 0.5) is 0 Å². The van der Waals surface area contributed by atoms with Gasteiger partial charge >= 0.3 is 5.97 Å². The zero-order valence-electron chi connectivity index (χ0n) is 12.6. The average Bonchev–Trinajstić information content (AvgIpc) is 2.48. The third-order valence-electron chi connectivity index (χ3n) is 5.25. The van der Waals surface area contributed by atoms with Crippen molar-refractivity contribution in [3.8, 4) is 0 Å². The minimum Gasteiger partial charge on any atom is -0.481 e. The summed E-state index contributed by atoms with van der Waals surface area (Å²) in [5.74, 6) is -0.876. The third-order valence-corrected chi connectivity index (χ3v) is 5.25. The number of aliphatic hydroxyl groups excluding tert-OH is 1. The molecular weight excluding hydrogens is 270 g/mol. The molecule has 2 rings (SSSR count). The van der Waals surface area contributed by atoms with Crippen LogP contribution in [0.25, 0.3) is 0 Å². The van der Waals surface area contributed by atoms with Crippen molar-refractivity contribution < 1.29 is 19.8 Å². The summed E-state index contributed by atoms with van der Waals surface area (Å²) in [7, 11) is 0. The number of amides is 1. The number of carboxylic acid groups (broad SMARTS) is 1. The summed E-state index contributed by atoms with van der Waals surface area (Å²) >= 11 is 0. The second kappa shape index (κ2) is 7.25. The highest BCUT2D eigenvalue weighted by atomic mass is 16.4. The second-order valence-electron chi connectivity index (χ2n) is 6.72. The first-order valence-electron chi connectivity index (χ1n) is 8.21. The van der Waals surface area contributed by atoms with Crippen LogP contribution in [0.2, 0.25) is 0 Å². The molecule has 0 aromatic heterocycles. The van der Waals surface area contributed by atoms with Gasteiger partial charge in [-0.25, -0.2) is 0 Å². The number of hydrogen-bond acceptors (Lipinski definition) is 3. The minimum absolute atomic E-state index is 0.00526. The highest BCUT2D eigenvalue weighted by Gasteiger charge is 2.42. The monoisotopic (exact) mass is 297 g/mol. The van der Waals surface area contributed by atoms with Gasteiger partial charge in [-0.05, 0) is 25.7 Å². The molecule has 0 saturated heterocycles. The number of nitrogens with one attached hydrogen (secondary N) is 1. The van der Waals surface area contributed by atoms with Crippen molar-refractivity contribution in [3.63, 3.8) is 0 Å². The zero-order valence-corrected chi connectivity index (χ0v) is 12.6. The van der Waals surface area contributed by atoms with Crippen LogP contribution in [-0.4, -0.2) is 34.7 Å². The van der Waals surface area contributed by atoms with Gasteiger partial charge in [0, 0.05) is 25.0 Å². The molecule has 2 saturated carbocycles. The van der Waals surface area contributed by atoms with E-state index in [1.54, 1.807) is 0 Å². The number of carboxylic acids is 1. The zero-order chi connectivity index (χ0) is 15.3. The average molecular weight is 297 g/mol. The van der Waals surface area contributed by atoms with E-state index in [4.69, 9.17) is 0 Å². The van der Waals surface area contributed by atoms with Gasteiger partial charge in [0.05, 0.1) is 5.41 Å². The molecule has 5 heteroatoms. The predicted molar refractivity (Wildman–Crippen MR) is 78.7 cm³/mol. The lowest BCUT2D eigenvalue weighted by Crippen LogP contribution is -2.46. The molecule has 3 N–H and O–H groups in total. The Labute approximate surface area is 126 Å². The summed E-state index contributed by atoms with van der Waals surface area (Å²) in [6, 6.07) is 0.00526. The fourth-order valence-corrected chi connectivity index (χ4v) is 3.88. The molecule has 1 amide bonds. The van der Waals surface area contributed by atoms with Crippen LogP contribution in [0, 0.1) is 11.3 Å². The van der Waals surface area contributed by atoms with Gasteiger partial charge in [0.1, 0.15) is 0 Å². The molecule has 0 aliphatic heterocycles. The van der Waals surface area contributed by atoms with Crippen molar-refractivity contribution in [1.29, 1.82) is 0 Å². The SMILES string of the molecule is O=C(CC1(C(=O)O)CCCCC1)NC1CCCCC1CO. The first-order chi connectivity index (χ1) is 10.1. The number of rotatable bonds is 5. The third kappa shape index (κ3) is 3.96. The first-order valence-corrected chi connectivity index (χ1v) is 8.21. The van der Waals surface area contributed by atoms with E-state index in [-0.39, 0.29) is 30.9 Å². The molecule has 0 aromatic carbocycles. The summed E-state index contributed by atoms with van der Waals surface area (Å²) in [6.07, 6.45) is 8.10. The number of carbonyl (C=O) groups is 2. The van der Waals surface area contributed by atoms with Gasteiger partial charge in [0.2, 0.25) is 5.91 Å². The number of aliphatic carboxylic acids is 1. The van der Waals surface area contributed by atoms with E-state index in [1.165, 1.54) is 0 Å². The Kier molecular flexibility index (Phi) is 5.62. The van der Waals surface area contributed by atoms with Crippen molar-refractivity contribution in [2.45, 2.75) is 70.3 Å². The Morgan fingerprint density at radius 1 is 1.05 bits per heavy atom. The Bertz CT molecular complexity index is 376. The van der Waals surface area contributed by atoms with Gasteiger partial charge in [-0.2, -0.15) is 0 Å². The van der Waals surface area contributed by atoms with Crippen molar-refractivity contribution >= 4 is 11.9 Å². The van der Waals surface area contributed by atoms with Crippen LogP contribution in [0.5, 0.6) is 0 Å². The molecule has 0 spiro atoms. The Balaban J connectivity index is 1.94. The molecule has 5 nitrogen and oxygen atoms in total. The molecule has 2 aliphatic carbocycles. The van der Waals surface area contributed by atoms with E-state index in [0.717, 1.165) is 44.9 Å². The van der Waals surface area contributed by atoms with Crippen molar-refractivity contribution in [1.82, 2.24) is 5.32 Å². The quantitative estimate of drug-likeness (QED) is 0.725. The Morgan fingerprint density at radius 2 is 1.71 bits per heavy atom. The lowest BCUT2D eigenvalue weighted by Gasteiger charge is -2.35. The number of aliphatic hydroxyl groups is 1. The lowest BCUT2D eigenvalue weighted by atomic mass is 9.71. The molecule has 2 unspecified atom stereocenters. The van der Waals surface area contributed by atoms with E-state index >= 15 is 0 Å². The maximum absolute atomic E-state index is 12.3. The number of carbonyl (C=O) groups excluding carboxylic acids is 1. The van der Waals surface area contributed by atoms with E-state index in [0.29, 0.717) is 12.8 Å². The van der Waals surface area contributed by atoms with Crippen LogP contribution in [0.15, 0.2) is 0 Å². The summed E-state index contributed by atoms with van der Waals surface area (Å²) in [5, 5.41) is 21.9. The highest BCUT2D eigenvalue weighted by molar-refractivity contribution is 5.85. The normalized spacial score (nSPS) is 28.8. The summed E-state index contributed by atoms with van der Waals surface area (Å²) in [6.45, 7) is 0.0923. The molecule has 21 heavy (non-hydrogen) atoms. The first kappa shape index (κ1) is 16.3. The lowest BCUT2D eigenvalue weighted by molar-refractivity contribution is -0.154. The minimum atomic E-state index is -0.869. The van der Waals surface area contributed by atoms with E-state index in [1.807, 2.05) is 0 Å². The molecule has 2 atom stereocenters. The van der Waals surface area contributed by atoms with Crippen molar-refractivity contribution in [2.24, 2.45) is 11.3 Å². The summed E-state index contributed by atoms with van der Waals surface area (Å²) < 4.78 is 0. The fraction of sp³-hybridized carbons (Fsp3) is 0.875. The second-order valence-corrected chi connectivity index (χ2v) is 6.72. The van der Waals surface area contributed by atoms with Crippen LogP contribution < -0.4 is 5.32 Å². The van der Waals surface area contributed by atoms with Gasteiger partial charge in [0.25, 0.3) is 0 Å². The summed E-state index contributed by atoms with van der Waals surface area (Å²) in [5.41, 5.74) is -0.869. The van der Waals surface area contributed by atoms with Gasteiger partial charge in [-0.1, -0.05) is 32.1 Å². The molecular formula is C16H27NO4. The summed E-state index contributed by atoms with van der Waals surface area (Å²) in [4.78, 5) is 23.9. The maximum Gasteiger partial charge on any atom is 0.310 e. The molecule has 2 fully saturated rings. The Morgan fingerprint density at radius 3 is 2.33 bits per heavy atom. The van der Waals surface area contributed by atoms with Gasteiger partial charge in [0.15, 0.2) is 0 Å². The van der Waals surface area contributed by atoms with Crippen LogP contribution in [0.3, 0.4) is 0 Å². The van der Waals surface area contributed by atoms with Crippen LogP contribution >= 0.6 is 0 Å². The van der Waals surface area contributed by atoms with Gasteiger partial charge in [-0.15, -0.1) is 0 Å². The topological polar surface area (TPSA) is 86.6 Å². The predicted octanol–water partition coefficient (Wildman–Crippen LogP) is 2.08. The number of hydrogen-bond donors (Lipinski definition) is 3. The van der Waals surface area contributed by atoms with Crippen LogP contribution in [0.1, 0.15) is 64.2 Å². The standard InChI is InChI=1S/C16H27NO4/c18-11-12-6-2-3-7-13(12)17-14(19)10-16(15(20)21)8-4-1-5-9-16/h12-13,18H,1-11H2,(H,17,19)(H,20,21). The van der Waals surface area contributed by atoms with Gasteiger partial charge in [-0.3, -0.25) is 9.59 Å². The largest absolute Gasteiger partial charge is 0.481 e.